The van der Waals surface area contributed by atoms with Crippen molar-refractivity contribution in [2.75, 3.05) is 13.1 Å². The number of aliphatic hydroxyl groups is 1. The average molecular weight is 317 g/mol. The molecule has 1 aromatic heterocycles. The number of β-amino-alcohol motifs (C(OH)–C–C–N with tert-alkyl or cyclic N) is 1. The van der Waals surface area contributed by atoms with Crippen LogP contribution in [0.3, 0.4) is 0 Å². The van der Waals surface area contributed by atoms with Gasteiger partial charge in [0.2, 0.25) is 0 Å². The zero-order chi connectivity index (χ0) is 16.2. The Kier molecular flexibility index (Phi) is 5.08. The molecule has 2 aromatic rings. The molecule has 0 amide bonds. The zero-order valence-electron chi connectivity index (χ0n) is 13.5. The smallest absolute Gasteiger partial charge is 0.129 e. The van der Waals surface area contributed by atoms with E-state index in [4.69, 9.17) is 0 Å². The summed E-state index contributed by atoms with van der Waals surface area (Å²) < 4.78 is 15.8. The average Bonchev–Trinajstić information content (AvgIpc) is 2.95. The molecule has 3 rings (SSSR count). The van der Waals surface area contributed by atoms with Crippen molar-refractivity contribution in [3.05, 3.63) is 53.6 Å². The second kappa shape index (κ2) is 7.23. The van der Waals surface area contributed by atoms with E-state index in [9.17, 15) is 9.50 Å². The Morgan fingerprint density at radius 1 is 1.35 bits per heavy atom. The van der Waals surface area contributed by atoms with Gasteiger partial charge in [-0.25, -0.2) is 4.39 Å². The summed E-state index contributed by atoms with van der Waals surface area (Å²) in [6, 6.07) is 6.82. The van der Waals surface area contributed by atoms with Gasteiger partial charge in [0.25, 0.3) is 0 Å². The summed E-state index contributed by atoms with van der Waals surface area (Å²) in [6.45, 7) is 4.25. The van der Waals surface area contributed by atoms with Gasteiger partial charge in [0.15, 0.2) is 0 Å². The third-order valence-electron chi connectivity index (χ3n) is 4.58. The first kappa shape index (κ1) is 16.1. The molecule has 0 saturated carbocycles. The van der Waals surface area contributed by atoms with E-state index in [2.05, 4.69) is 10.00 Å². The lowest BCUT2D eigenvalue weighted by atomic mass is 10.00. The van der Waals surface area contributed by atoms with E-state index in [0.717, 1.165) is 31.5 Å². The maximum atomic E-state index is 13.8. The molecule has 2 unspecified atom stereocenters. The first-order chi connectivity index (χ1) is 11.1. The first-order valence-corrected chi connectivity index (χ1v) is 8.29. The fraction of sp³-hybridized carbons (Fsp3) is 0.500. The molecule has 5 heteroatoms. The number of benzene rings is 1. The lowest BCUT2D eigenvalue weighted by molar-refractivity contribution is 0.0575. The monoisotopic (exact) mass is 317 g/mol. The van der Waals surface area contributed by atoms with Gasteiger partial charge < -0.3 is 5.11 Å². The van der Waals surface area contributed by atoms with E-state index in [1.807, 2.05) is 24.0 Å². The molecule has 0 spiro atoms. The highest BCUT2D eigenvalue weighted by Crippen LogP contribution is 2.24. The van der Waals surface area contributed by atoms with Crippen molar-refractivity contribution in [2.45, 2.75) is 44.9 Å². The lowest BCUT2D eigenvalue weighted by Gasteiger charge is -2.37. The number of nitrogens with zero attached hydrogens (tertiary/aromatic N) is 3. The summed E-state index contributed by atoms with van der Waals surface area (Å²) >= 11 is 0. The summed E-state index contributed by atoms with van der Waals surface area (Å²) in [5.74, 6) is -0.337. The van der Waals surface area contributed by atoms with Crippen molar-refractivity contribution in [1.29, 1.82) is 0 Å². The van der Waals surface area contributed by atoms with Gasteiger partial charge in [-0.2, -0.15) is 5.10 Å². The minimum atomic E-state index is -0.795. The Balaban J connectivity index is 1.67. The van der Waals surface area contributed by atoms with Crippen molar-refractivity contribution in [3.63, 3.8) is 0 Å². The van der Waals surface area contributed by atoms with E-state index in [-0.39, 0.29) is 5.82 Å². The molecule has 0 bridgehead atoms. The fourth-order valence-corrected chi connectivity index (χ4v) is 3.36. The SMILES string of the molecule is Cc1cnn(CC2CCCCN2CC(O)c2ccccc2F)c1. The van der Waals surface area contributed by atoms with Gasteiger partial charge in [0.1, 0.15) is 5.82 Å². The molecule has 0 radical (unpaired) electrons. The standard InChI is InChI=1S/C18H24FN3O/c1-14-10-20-22(11-14)12-15-6-4-5-9-21(15)13-18(23)16-7-2-3-8-17(16)19/h2-3,7-8,10-11,15,18,23H,4-6,9,12-13H2,1H3. The van der Waals surface area contributed by atoms with E-state index in [1.54, 1.807) is 18.2 Å². The van der Waals surface area contributed by atoms with Gasteiger partial charge in [-0.1, -0.05) is 24.6 Å². The predicted molar refractivity (Wildman–Crippen MR) is 87.5 cm³/mol. The minimum absolute atomic E-state index is 0.337. The third-order valence-corrected chi connectivity index (χ3v) is 4.58. The summed E-state index contributed by atoms with van der Waals surface area (Å²) in [5, 5.41) is 14.8. The molecule has 1 aliphatic rings. The molecule has 1 aromatic carbocycles. The molecule has 1 saturated heterocycles. The second-order valence-electron chi connectivity index (χ2n) is 6.42. The van der Waals surface area contributed by atoms with Crippen LogP contribution in [-0.4, -0.2) is 38.9 Å². The molecule has 0 aliphatic carbocycles. The predicted octanol–water partition coefficient (Wildman–Crippen LogP) is 2.92. The molecule has 23 heavy (non-hydrogen) atoms. The maximum Gasteiger partial charge on any atom is 0.129 e. The largest absolute Gasteiger partial charge is 0.387 e. The number of hydrogen-bond donors (Lipinski definition) is 1. The van der Waals surface area contributed by atoms with Crippen LogP contribution in [0.25, 0.3) is 0 Å². The lowest BCUT2D eigenvalue weighted by Crippen LogP contribution is -2.44. The molecule has 2 atom stereocenters. The fourth-order valence-electron chi connectivity index (χ4n) is 3.36. The molecule has 124 valence electrons. The van der Waals surface area contributed by atoms with Gasteiger partial charge in [-0.3, -0.25) is 9.58 Å². The van der Waals surface area contributed by atoms with E-state index >= 15 is 0 Å². The molecular formula is C18H24FN3O. The third kappa shape index (κ3) is 3.98. The minimum Gasteiger partial charge on any atom is -0.387 e. The Hall–Kier alpha value is -1.72. The highest BCUT2D eigenvalue weighted by Gasteiger charge is 2.26. The van der Waals surface area contributed by atoms with Crippen LogP contribution in [0.1, 0.15) is 36.5 Å². The first-order valence-electron chi connectivity index (χ1n) is 8.29. The van der Waals surface area contributed by atoms with Gasteiger partial charge in [0.05, 0.1) is 18.8 Å². The number of piperidine rings is 1. The van der Waals surface area contributed by atoms with Crippen LogP contribution in [-0.2, 0) is 6.54 Å². The van der Waals surface area contributed by atoms with Crippen LogP contribution in [0.2, 0.25) is 0 Å². The van der Waals surface area contributed by atoms with Crippen molar-refractivity contribution in [3.8, 4) is 0 Å². The van der Waals surface area contributed by atoms with Crippen molar-refractivity contribution in [1.82, 2.24) is 14.7 Å². The summed E-state index contributed by atoms with van der Waals surface area (Å²) in [5.41, 5.74) is 1.53. The Bertz CT molecular complexity index is 643. The normalized spacial score (nSPS) is 20.6. The number of rotatable bonds is 5. The molecule has 2 heterocycles. The zero-order valence-corrected chi connectivity index (χ0v) is 13.5. The summed E-state index contributed by atoms with van der Waals surface area (Å²) in [4.78, 5) is 2.28. The van der Waals surface area contributed by atoms with Crippen LogP contribution >= 0.6 is 0 Å². The Labute approximate surface area is 136 Å². The van der Waals surface area contributed by atoms with Crippen LogP contribution < -0.4 is 0 Å². The van der Waals surface area contributed by atoms with E-state index in [1.165, 1.54) is 12.5 Å². The van der Waals surface area contributed by atoms with Crippen LogP contribution in [0.15, 0.2) is 36.7 Å². The van der Waals surface area contributed by atoms with E-state index < -0.39 is 6.10 Å². The van der Waals surface area contributed by atoms with Crippen LogP contribution in [0.5, 0.6) is 0 Å². The molecule has 4 nitrogen and oxygen atoms in total. The Morgan fingerprint density at radius 3 is 2.91 bits per heavy atom. The maximum absolute atomic E-state index is 13.8. The van der Waals surface area contributed by atoms with Gasteiger partial charge >= 0.3 is 0 Å². The number of aryl methyl sites for hydroxylation is 1. The number of likely N-dealkylation sites (tertiary alicyclic amines) is 1. The topological polar surface area (TPSA) is 41.3 Å². The van der Waals surface area contributed by atoms with Crippen LogP contribution in [0.4, 0.5) is 4.39 Å². The Morgan fingerprint density at radius 2 is 2.17 bits per heavy atom. The molecule has 1 aliphatic heterocycles. The van der Waals surface area contributed by atoms with Gasteiger partial charge in [0, 0.05) is 24.3 Å². The highest BCUT2D eigenvalue weighted by atomic mass is 19.1. The summed E-state index contributed by atoms with van der Waals surface area (Å²) in [7, 11) is 0. The van der Waals surface area contributed by atoms with Crippen molar-refractivity contribution >= 4 is 0 Å². The molecular weight excluding hydrogens is 293 g/mol. The molecule has 1 N–H and O–H groups in total. The van der Waals surface area contributed by atoms with E-state index in [0.29, 0.717) is 18.2 Å². The quantitative estimate of drug-likeness (QED) is 0.922. The number of aliphatic hydroxyl groups excluding tert-OH is 1. The highest BCUT2D eigenvalue weighted by molar-refractivity contribution is 5.20. The van der Waals surface area contributed by atoms with Gasteiger partial charge in [-0.15, -0.1) is 0 Å². The van der Waals surface area contributed by atoms with Crippen LogP contribution in [0, 0.1) is 12.7 Å². The molecule has 1 fully saturated rings. The number of aromatic nitrogens is 2. The van der Waals surface area contributed by atoms with Gasteiger partial charge in [-0.05, 0) is 37.9 Å². The summed E-state index contributed by atoms with van der Waals surface area (Å²) in [6.07, 6.45) is 6.51. The van der Waals surface area contributed by atoms with Crippen molar-refractivity contribution < 1.29 is 9.50 Å². The second-order valence-corrected chi connectivity index (χ2v) is 6.42. The number of hydrogen-bond acceptors (Lipinski definition) is 3. The number of halogens is 1. The van der Waals surface area contributed by atoms with Crippen molar-refractivity contribution in [2.24, 2.45) is 0 Å².